The van der Waals surface area contributed by atoms with Crippen molar-refractivity contribution in [3.05, 3.63) is 35.9 Å². The SMILES string of the molecule is c1ccc(COCCCC2CCC2)cc1. The van der Waals surface area contributed by atoms with Crippen LogP contribution in [0.1, 0.15) is 37.7 Å². The van der Waals surface area contributed by atoms with Gasteiger partial charge < -0.3 is 4.74 Å². The molecule has 1 aromatic rings. The lowest BCUT2D eigenvalue weighted by Gasteiger charge is -2.24. The summed E-state index contributed by atoms with van der Waals surface area (Å²) in [5.41, 5.74) is 1.28. The first-order valence-electron chi connectivity index (χ1n) is 6.07. The molecule has 1 aromatic carbocycles. The molecule has 0 spiro atoms. The molecule has 1 fully saturated rings. The van der Waals surface area contributed by atoms with Crippen LogP contribution in [0.15, 0.2) is 30.3 Å². The summed E-state index contributed by atoms with van der Waals surface area (Å²) in [6.07, 6.45) is 6.97. The summed E-state index contributed by atoms with van der Waals surface area (Å²) in [5, 5.41) is 0. The molecule has 0 radical (unpaired) electrons. The van der Waals surface area contributed by atoms with Gasteiger partial charge in [0, 0.05) is 6.61 Å². The monoisotopic (exact) mass is 204 g/mol. The van der Waals surface area contributed by atoms with Crippen molar-refractivity contribution in [1.82, 2.24) is 0 Å². The summed E-state index contributed by atoms with van der Waals surface area (Å²) < 4.78 is 5.64. The average molecular weight is 204 g/mol. The molecule has 1 nitrogen and oxygen atoms in total. The highest BCUT2D eigenvalue weighted by atomic mass is 16.5. The summed E-state index contributed by atoms with van der Waals surface area (Å²) in [7, 11) is 0. The number of rotatable bonds is 6. The third-order valence-electron chi connectivity index (χ3n) is 3.24. The van der Waals surface area contributed by atoms with Crippen LogP contribution in [0.2, 0.25) is 0 Å². The summed E-state index contributed by atoms with van der Waals surface area (Å²) in [4.78, 5) is 0. The summed E-state index contributed by atoms with van der Waals surface area (Å²) in [6.45, 7) is 1.69. The van der Waals surface area contributed by atoms with Gasteiger partial charge in [-0.2, -0.15) is 0 Å². The van der Waals surface area contributed by atoms with Crippen molar-refractivity contribution in [1.29, 1.82) is 0 Å². The lowest BCUT2D eigenvalue weighted by Crippen LogP contribution is -2.11. The summed E-state index contributed by atoms with van der Waals surface area (Å²) in [5.74, 6) is 1.02. The number of ether oxygens (including phenoxy) is 1. The lowest BCUT2D eigenvalue weighted by atomic mass is 9.82. The Balaban J connectivity index is 1.51. The Kier molecular flexibility index (Phi) is 4.22. The predicted octanol–water partition coefficient (Wildman–Crippen LogP) is 3.78. The fourth-order valence-electron chi connectivity index (χ4n) is 2.02. The van der Waals surface area contributed by atoms with E-state index in [0.29, 0.717) is 0 Å². The maximum absolute atomic E-state index is 5.64. The second-order valence-corrected chi connectivity index (χ2v) is 4.48. The Morgan fingerprint density at radius 1 is 1.13 bits per heavy atom. The second-order valence-electron chi connectivity index (χ2n) is 4.48. The van der Waals surface area contributed by atoms with Gasteiger partial charge in [0.05, 0.1) is 6.61 Å². The van der Waals surface area contributed by atoms with Gasteiger partial charge in [-0.25, -0.2) is 0 Å². The van der Waals surface area contributed by atoms with E-state index < -0.39 is 0 Å². The highest BCUT2D eigenvalue weighted by molar-refractivity contribution is 5.13. The maximum atomic E-state index is 5.64. The quantitative estimate of drug-likeness (QED) is 0.641. The van der Waals surface area contributed by atoms with Crippen molar-refractivity contribution >= 4 is 0 Å². The minimum absolute atomic E-state index is 0.769. The van der Waals surface area contributed by atoms with Crippen LogP contribution in [0.5, 0.6) is 0 Å². The fraction of sp³-hybridized carbons (Fsp3) is 0.571. The first-order valence-corrected chi connectivity index (χ1v) is 6.07. The Hall–Kier alpha value is -0.820. The van der Waals surface area contributed by atoms with Gasteiger partial charge in [-0.05, 0) is 24.3 Å². The van der Waals surface area contributed by atoms with Gasteiger partial charge in [0.25, 0.3) is 0 Å². The van der Waals surface area contributed by atoms with Gasteiger partial charge in [-0.3, -0.25) is 0 Å². The van der Waals surface area contributed by atoms with Crippen LogP contribution < -0.4 is 0 Å². The van der Waals surface area contributed by atoms with Crippen LogP contribution >= 0.6 is 0 Å². The fourth-order valence-corrected chi connectivity index (χ4v) is 2.02. The molecule has 82 valence electrons. The van der Waals surface area contributed by atoms with Gasteiger partial charge in [0.2, 0.25) is 0 Å². The highest BCUT2D eigenvalue weighted by Gasteiger charge is 2.16. The van der Waals surface area contributed by atoms with Gasteiger partial charge >= 0.3 is 0 Å². The van der Waals surface area contributed by atoms with Crippen LogP contribution in [0.25, 0.3) is 0 Å². The van der Waals surface area contributed by atoms with E-state index in [0.717, 1.165) is 19.1 Å². The summed E-state index contributed by atoms with van der Waals surface area (Å²) in [6, 6.07) is 10.4. The molecule has 1 aliphatic rings. The predicted molar refractivity (Wildman–Crippen MR) is 62.7 cm³/mol. The van der Waals surface area contributed by atoms with E-state index in [-0.39, 0.29) is 0 Å². The molecule has 1 saturated carbocycles. The zero-order valence-corrected chi connectivity index (χ0v) is 9.32. The van der Waals surface area contributed by atoms with Crippen LogP contribution in [0, 0.1) is 5.92 Å². The molecule has 1 aliphatic carbocycles. The number of hydrogen-bond donors (Lipinski definition) is 0. The van der Waals surface area contributed by atoms with Crippen molar-refractivity contribution in [2.75, 3.05) is 6.61 Å². The van der Waals surface area contributed by atoms with Crippen LogP contribution in [0.3, 0.4) is 0 Å². The van der Waals surface area contributed by atoms with Crippen LogP contribution in [-0.2, 0) is 11.3 Å². The maximum Gasteiger partial charge on any atom is 0.0716 e. The van der Waals surface area contributed by atoms with Gasteiger partial charge in [-0.1, -0.05) is 49.6 Å². The molecule has 0 atom stereocenters. The molecule has 1 heteroatoms. The number of hydrogen-bond acceptors (Lipinski definition) is 1. The van der Waals surface area contributed by atoms with Crippen molar-refractivity contribution in [3.8, 4) is 0 Å². The van der Waals surface area contributed by atoms with E-state index in [1.54, 1.807) is 0 Å². The molecule has 15 heavy (non-hydrogen) atoms. The Morgan fingerprint density at radius 2 is 1.93 bits per heavy atom. The highest BCUT2D eigenvalue weighted by Crippen LogP contribution is 2.30. The molecule has 0 unspecified atom stereocenters. The minimum atomic E-state index is 0.769. The van der Waals surface area contributed by atoms with Gasteiger partial charge in [-0.15, -0.1) is 0 Å². The lowest BCUT2D eigenvalue weighted by molar-refractivity contribution is 0.109. The molecule has 0 N–H and O–H groups in total. The molecular weight excluding hydrogens is 184 g/mol. The van der Waals surface area contributed by atoms with Crippen molar-refractivity contribution in [2.45, 2.75) is 38.7 Å². The second kappa shape index (κ2) is 5.92. The molecule has 0 aromatic heterocycles. The van der Waals surface area contributed by atoms with E-state index in [1.807, 2.05) is 6.07 Å². The molecule has 0 saturated heterocycles. The molecule has 0 heterocycles. The van der Waals surface area contributed by atoms with Gasteiger partial charge in [0.15, 0.2) is 0 Å². The summed E-state index contributed by atoms with van der Waals surface area (Å²) >= 11 is 0. The van der Waals surface area contributed by atoms with Crippen LogP contribution in [0.4, 0.5) is 0 Å². The molecule has 2 rings (SSSR count). The Bertz CT molecular complexity index is 264. The van der Waals surface area contributed by atoms with Crippen molar-refractivity contribution in [3.63, 3.8) is 0 Å². The van der Waals surface area contributed by atoms with E-state index >= 15 is 0 Å². The van der Waals surface area contributed by atoms with E-state index in [1.165, 1.54) is 37.7 Å². The van der Waals surface area contributed by atoms with E-state index in [4.69, 9.17) is 4.74 Å². The third kappa shape index (κ3) is 3.67. The molecule has 0 amide bonds. The van der Waals surface area contributed by atoms with E-state index in [2.05, 4.69) is 24.3 Å². The Labute approximate surface area is 92.5 Å². The molecular formula is C14H20O. The van der Waals surface area contributed by atoms with Crippen LogP contribution in [-0.4, -0.2) is 6.61 Å². The first kappa shape index (κ1) is 10.7. The Morgan fingerprint density at radius 3 is 2.60 bits per heavy atom. The standard InChI is InChI=1S/C14H20O/c1-2-6-14(7-3-1)12-15-11-5-10-13-8-4-9-13/h1-3,6-7,13H,4-5,8-12H2. The third-order valence-corrected chi connectivity index (χ3v) is 3.24. The average Bonchev–Trinajstić information content (AvgIpc) is 2.22. The van der Waals surface area contributed by atoms with Crippen molar-refractivity contribution < 1.29 is 4.74 Å². The van der Waals surface area contributed by atoms with E-state index in [9.17, 15) is 0 Å². The zero-order valence-electron chi connectivity index (χ0n) is 9.32. The van der Waals surface area contributed by atoms with Gasteiger partial charge in [0.1, 0.15) is 0 Å². The molecule has 0 bridgehead atoms. The minimum Gasteiger partial charge on any atom is -0.377 e. The normalized spacial score (nSPS) is 16.3. The largest absolute Gasteiger partial charge is 0.377 e. The van der Waals surface area contributed by atoms with Crippen molar-refractivity contribution in [2.24, 2.45) is 5.92 Å². The topological polar surface area (TPSA) is 9.23 Å². The zero-order chi connectivity index (χ0) is 10.3. The first-order chi connectivity index (χ1) is 7.45. The molecule has 0 aliphatic heterocycles. The number of benzene rings is 1. The smallest absolute Gasteiger partial charge is 0.0716 e.